The normalized spacial score (nSPS) is 11.1. The summed E-state index contributed by atoms with van der Waals surface area (Å²) in [7, 11) is -2.41. The van der Waals surface area contributed by atoms with E-state index in [0.717, 1.165) is 5.56 Å². The summed E-state index contributed by atoms with van der Waals surface area (Å²) >= 11 is 0. The van der Waals surface area contributed by atoms with Crippen molar-refractivity contribution < 1.29 is 27.1 Å². The molecule has 9 heteroatoms. The highest BCUT2D eigenvalue weighted by Crippen LogP contribution is 2.26. The summed E-state index contributed by atoms with van der Waals surface area (Å²) in [6, 6.07) is 18.7. The van der Waals surface area contributed by atoms with Gasteiger partial charge in [0.05, 0.1) is 16.1 Å². The molecular formula is C26H27FN2O5S. The second-order valence-corrected chi connectivity index (χ2v) is 9.77. The van der Waals surface area contributed by atoms with Gasteiger partial charge in [-0.1, -0.05) is 36.4 Å². The summed E-state index contributed by atoms with van der Waals surface area (Å²) in [5, 5.41) is 0. The topological polar surface area (TPSA) is 84.0 Å². The number of hydrogen-bond donors (Lipinski definition) is 0. The third-order valence-corrected chi connectivity index (χ3v) is 7.45. The van der Waals surface area contributed by atoms with Crippen LogP contribution in [0.5, 0.6) is 0 Å². The van der Waals surface area contributed by atoms with Crippen molar-refractivity contribution >= 4 is 27.6 Å². The van der Waals surface area contributed by atoms with E-state index in [4.69, 9.17) is 4.74 Å². The summed E-state index contributed by atoms with van der Waals surface area (Å²) in [5.41, 5.74) is 1.73. The Kier molecular flexibility index (Phi) is 8.24. The number of halogens is 1. The highest BCUT2D eigenvalue weighted by Gasteiger charge is 2.27. The predicted octanol–water partition coefficient (Wildman–Crippen LogP) is 4.16. The van der Waals surface area contributed by atoms with Gasteiger partial charge in [0.15, 0.2) is 6.61 Å². The lowest BCUT2D eigenvalue weighted by atomic mass is 10.1. The number of amides is 1. The molecule has 0 saturated carbocycles. The standard InChI is InChI=1S/C26H27FN2O5S/c1-4-29(23-8-6-5-7-9-23)35(32,33)24-16-21(13-10-19(24)2)26(31)34-18-25(30)28(3)17-20-11-14-22(27)15-12-20/h5-16H,4,17-18H2,1-3H3. The Morgan fingerprint density at radius 1 is 0.971 bits per heavy atom. The van der Waals surface area contributed by atoms with E-state index in [0.29, 0.717) is 11.3 Å². The maximum Gasteiger partial charge on any atom is 0.338 e. The molecule has 0 aliphatic heterocycles. The van der Waals surface area contributed by atoms with Crippen LogP contribution in [-0.4, -0.2) is 45.4 Å². The molecule has 0 aliphatic carbocycles. The molecule has 3 aromatic carbocycles. The Hall–Kier alpha value is -3.72. The summed E-state index contributed by atoms with van der Waals surface area (Å²) < 4.78 is 46.3. The van der Waals surface area contributed by atoms with Crippen LogP contribution in [0.25, 0.3) is 0 Å². The molecule has 1 amide bonds. The first-order valence-electron chi connectivity index (χ1n) is 11.0. The first kappa shape index (κ1) is 25.9. The third-order valence-electron chi connectivity index (χ3n) is 5.41. The monoisotopic (exact) mass is 498 g/mol. The zero-order valence-corrected chi connectivity index (χ0v) is 20.6. The number of aryl methyl sites for hydroxylation is 1. The minimum Gasteiger partial charge on any atom is -0.452 e. The summed E-state index contributed by atoms with van der Waals surface area (Å²) in [4.78, 5) is 26.3. The molecule has 184 valence electrons. The van der Waals surface area contributed by atoms with Gasteiger partial charge in [-0.25, -0.2) is 17.6 Å². The van der Waals surface area contributed by atoms with Gasteiger partial charge >= 0.3 is 5.97 Å². The van der Waals surface area contributed by atoms with Gasteiger partial charge in [-0.3, -0.25) is 9.10 Å². The van der Waals surface area contributed by atoms with Gasteiger partial charge in [0.1, 0.15) is 5.82 Å². The van der Waals surface area contributed by atoms with Gasteiger partial charge in [0.2, 0.25) is 0 Å². The average Bonchev–Trinajstić information content (AvgIpc) is 2.84. The molecular weight excluding hydrogens is 471 g/mol. The van der Waals surface area contributed by atoms with Gasteiger partial charge in [-0.05, 0) is 61.4 Å². The SMILES string of the molecule is CCN(c1ccccc1)S(=O)(=O)c1cc(C(=O)OCC(=O)N(C)Cc2ccc(F)cc2)ccc1C. The van der Waals surface area contributed by atoms with Gasteiger partial charge in [-0.2, -0.15) is 0 Å². The van der Waals surface area contributed by atoms with Crippen molar-refractivity contribution in [2.45, 2.75) is 25.3 Å². The number of sulfonamides is 1. The Bertz CT molecular complexity index is 1300. The lowest BCUT2D eigenvalue weighted by molar-refractivity contribution is -0.133. The number of hydrogen-bond acceptors (Lipinski definition) is 5. The first-order chi connectivity index (χ1) is 16.6. The number of anilines is 1. The van der Waals surface area contributed by atoms with Crippen LogP contribution < -0.4 is 4.31 Å². The van der Waals surface area contributed by atoms with Gasteiger partial charge in [0, 0.05) is 20.1 Å². The lowest BCUT2D eigenvalue weighted by Crippen LogP contribution is -2.32. The summed E-state index contributed by atoms with van der Waals surface area (Å²) in [6.07, 6.45) is 0. The van der Waals surface area contributed by atoms with Crippen LogP contribution in [0.15, 0.2) is 77.7 Å². The van der Waals surface area contributed by atoms with Crippen molar-refractivity contribution in [3.05, 3.63) is 95.3 Å². The number of carbonyl (C=O) groups is 2. The fourth-order valence-corrected chi connectivity index (χ4v) is 5.21. The smallest absolute Gasteiger partial charge is 0.338 e. The summed E-state index contributed by atoms with van der Waals surface area (Å²) in [5.74, 6) is -1.64. The largest absolute Gasteiger partial charge is 0.452 e. The molecule has 3 rings (SSSR count). The predicted molar refractivity (Wildman–Crippen MR) is 131 cm³/mol. The second kappa shape index (κ2) is 11.1. The highest BCUT2D eigenvalue weighted by molar-refractivity contribution is 7.92. The highest BCUT2D eigenvalue weighted by atomic mass is 32.2. The number of benzene rings is 3. The molecule has 0 heterocycles. The van der Waals surface area contributed by atoms with E-state index in [9.17, 15) is 22.4 Å². The van der Waals surface area contributed by atoms with Crippen molar-refractivity contribution in [3.63, 3.8) is 0 Å². The van der Waals surface area contributed by atoms with E-state index in [2.05, 4.69) is 0 Å². The lowest BCUT2D eigenvalue weighted by Gasteiger charge is -2.24. The number of nitrogens with zero attached hydrogens (tertiary/aromatic N) is 2. The van der Waals surface area contributed by atoms with E-state index in [1.54, 1.807) is 63.4 Å². The maximum absolute atomic E-state index is 13.4. The van der Waals surface area contributed by atoms with Crippen LogP contribution in [0, 0.1) is 12.7 Å². The minimum atomic E-state index is -3.95. The van der Waals surface area contributed by atoms with Crippen LogP contribution in [0.4, 0.5) is 10.1 Å². The van der Waals surface area contributed by atoms with E-state index < -0.39 is 28.5 Å². The van der Waals surface area contributed by atoms with Crippen LogP contribution in [-0.2, 0) is 26.1 Å². The fourth-order valence-electron chi connectivity index (χ4n) is 3.48. The molecule has 0 saturated heterocycles. The van der Waals surface area contributed by atoms with E-state index in [1.807, 2.05) is 0 Å². The molecule has 0 radical (unpaired) electrons. The van der Waals surface area contributed by atoms with Crippen molar-refractivity contribution in [2.75, 3.05) is 24.5 Å². The quantitative estimate of drug-likeness (QED) is 0.414. The maximum atomic E-state index is 13.4. The molecule has 0 bridgehead atoms. The molecule has 0 N–H and O–H groups in total. The van der Waals surface area contributed by atoms with Gasteiger partial charge in [0.25, 0.3) is 15.9 Å². The molecule has 0 fully saturated rings. The zero-order valence-electron chi connectivity index (χ0n) is 19.8. The zero-order chi connectivity index (χ0) is 25.6. The molecule has 3 aromatic rings. The Labute approximate surface area is 204 Å². The number of likely N-dealkylation sites (N-methyl/N-ethyl adjacent to an activating group) is 1. The molecule has 7 nitrogen and oxygen atoms in total. The third kappa shape index (κ3) is 6.24. The number of para-hydroxylation sites is 1. The summed E-state index contributed by atoms with van der Waals surface area (Å²) in [6.45, 7) is 3.28. The Balaban J connectivity index is 1.72. The van der Waals surface area contributed by atoms with E-state index >= 15 is 0 Å². The average molecular weight is 499 g/mol. The van der Waals surface area contributed by atoms with Crippen molar-refractivity contribution in [3.8, 4) is 0 Å². The number of esters is 1. The molecule has 0 atom stereocenters. The minimum absolute atomic E-state index is 0.0163. The van der Waals surface area contributed by atoms with Crippen LogP contribution in [0.2, 0.25) is 0 Å². The van der Waals surface area contributed by atoms with E-state index in [-0.39, 0.29) is 29.4 Å². The van der Waals surface area contributed by atoms with Crippen molar-refractivity contribution in [1.82, 2.24) is 4.90 Å². The molecule has 35 heavy (non-hydrogen) atoms. The van der Waals surface area contributed by atoms with Gasteiger partial charge < -0.3 is 9.64 Å². The number of ether oxygens (including phenoxy) is 1. The molecule has 0 spiro atoms. The molecule has 0 aromatic heterocycles. The van der Waals surface area contributed by atoms with Crippen LogP contribution in [0.3, 0.4) is 0 Å². The molecule has 0 aliphatic rings. The number of rotatable bonds is 9. The van der Waals surface area contributed by atoms with Crippen LogP contribution >= 0.6 is 0 Å². The van der Waals surface area contributed by atoms with E-state index in [1.165, 1.54) is 39.5 Å². The van der Waals surface area contributed by atoms with Crippen molar-refractivity contribution in [2.24, 2.45) is 0 Å². The Morgan fingerprint density at radius 3 is 2.26 bits per heavy atom. The van der Waals surface area contributed by atoms with Crippen LogP contribution in [0.1, 0.15) is 28.4 Å². The second-order valence-electron chi connectivity index (χ2n) is 7.94. The fraction of sp³-hybridized carbons (Fsp3) is 0.231. The molecule has 0 unspecified atom stereocenters. The van der Waals surface area contributed by atoms with Crippen molar-refractivity contribution in [1.29, 1.82) is 0 Å². The Morgan fingerprint density at radius 2 is 1.63 bits per heavy atom. The first-order valence-corrected chi connectivity index (χ1v) is 12.4. The number of carbonyl (C=O) groups excluding carboxylic acids is 2. The van der Waals surface area contributed by atoms with Gasteiger partial charge in [-0.15, -0.1) is 0 Å².